The fraction of sp³-hybridized carbons (Fsp3) is 0.533. The Hall–Kier alpha value is -3.28. The normalized spacial score (nSPS) is 22.7. The summed E-state index contributed by atoms with van der Waals surface area (Å²) < 4.78 is 5.73. The van der Waals surface area contributed by atoms with Gasteiger partial charge in [0.1, 0.15) is 12.0 Å². The van der Waals surface area contributed by atoms with Crippen molar-refractivity contribution >= 4 is 29.0 Å². The molecule has 5 atom stereocenters. The summed E-state index contributed by atoms with van der Waals surface area (Å²) in [6.45, 7) is 12.6. The van der Waals surface area contributed by atoms with Crippen LogP contribution in [0, 0.1) is 12.8 Å². The van der Waals surface area contributed by atoms with Crippen molar-refractivity contribution in [2.24, 2.45) is 5.92 Å². The Morgan fingerprint density at radius 1 is 1.22 bits per heavy atom. The molecule has 2 aliphatic rings. The van der Waals surface area contributed by atoms with Crippen LogP contribution in [-0.2, 0) is 9.59 Å². The van der Waals surface area contributed by atoms with Gasteiger partial charge in [0.05, 0.1) is 28.2 Å². The standard InChI is InChI=1S/C30H40N6O4S/c1-17(2)27(25-13-26(34-40-25)35-11-10-31-14-18(35)3)30(39)36-15-23(37)12-24(36)29(38)33-19(4)21-6-8-22(9-7-21)28-20(5)32-16-41-28/h6-9,13,16-19,23-24,27,31,37H,10-12,14-15H2,1-5H3,(H,33,38)/t18-,19?,23-,24+,27?/m1/s1. The molecule has 0 aliphatic carbocycles. The number of nitrogens with zero attached hydrogens (tertiary/aromatic N) is 4. The number of nitrogens with one attached hydrogen (secondary N) is 2. The van der Waals surface area contributed by atoms with Gasteiger partial charge in [0.25, 0.3) is 0 Å². The zero-order chi connectivity index (χ0) is 29.3. The van der Waals surface area contributed by atoms with Crippen LogP contribution in [0.3, 0.4) is 0 Å². The second kappa shape index (κ2) is 12.3. The fourth-order valence-electron chi connectivity index (χ4n) is 5.86. The van der Waals surface area contributed by atoms with Gasteiger partial charge in [-0.25, -0.2) is 4.98 Å². The average molecular weight is 581 g/mol. The Balaban J connectivity index is 1.29. The minimum absolute atomic E-state index is 0.0928. The predicted octanol–water partition coefficient (Wildman–Crippen LogP) is 3.48. The number of aliphatic hydroxyl groups is 1. The Labute approximate surface area is 245 Å². The third kappa shape index (κ3) is 6.17. The Morgan fingerprint density at radius 2 is 1.98 bits per heavy atom. The van der Waals surface area contributed by atoms with Crippen LogP contribution in [0.1, 0.15) is 63.1 Å². The lowest BCUT2D eigenvalue weighted by Gasteiger charge is -2.33. The number of rotatable bonds is 8. The minimum Gasteiger partial charge on any atom is -0.391 e. The molecule has 2 amide bonds. The van der Waals surface area contributed by atoms with Crippen LogP contribution < -0.4 is 15.5 Å². The van der Waals surface area contributed by atoms with Gasteiger partial charge >= 0.3 is 0 Å². The first-order chi connectivity index (χ1) is 19.6. The lowest BCUT2D eigenvalue weighted by atomic mass is 9.91. The van der Waals surface area contributed by atoms with Crippen molar-refractivity contribution < 1.29 is 19.2 Å². The number of hydrogen-bond acceptors (Lipinski definition) is 9. The number of carbonyl (C=O) groups is 2. The van der Waals surface area contributed by atoms with Crippen LogP contribution in [0.25, 0.3) is 10.4 Å². The average Bonchev–Trinajstić information content (AvgIpc) is 3.69. The zero-order valence-corrected chi connectivity index (χ0v) is 25.1. The van der Waals surface area contributed by atoms with E-state index < -0.39 is 18.1 Å². The highest BCUT2D eigenvalue weighted by Crippen LogP contribution is 2.33. The van der Waals surface area contributed by atoms with Crippen LogP contribution in [-0.4, -0.2) is 76.3 Å². The van der Waals surface area contributed by atoms with Crippen molar-refractivity contribution in [3.63, 3.8) is 0 Å². The summed E-state index contributed by atoms with van der Waals surface area (Å²) >= 11 is 1.60. The van der Waals surface area contributed by atoms with Gasteiger partial charge in [0.15, 0.2) is 11.6 Å². The number of aryl methyl sites for hydroxylation is 1. The quantitative estimate of drug-likeness (QED) is 0.370. The first-order valence-electron chi connectivity index (χ1n) is 14.4. The van der Waals surface area contributed by atoms with E-state index in [1.165, 1.54) is 4.90 Å². The van der Waals surface area contributed by atoms with E-state index in [1.807, 2.05) is 63.5 Å². The largest absolute Gasteiger partial charge is 0.391 e. The molecular weight excluding hydrogens is 540 g/mol. The zero-order valence-electron chi connectivity index (χ0n) is 24.3. The summed E-state index contributed by atoms with van der Waals surface area (Å²) in [5.74, 6) is -0.0191. The van der Waals surface area contributed by atoms with E-state index in [4.69, 9.17) is 4.52 Å². The maximum Gasteiger partial charge on any atom is 0.243 e. The van der Waals surface area contributed by atoms with Crippen LogP contribution in [0.5, 0.6) is 0 Å². The summed E-state index contributed by atoms with van der Waals surface area (Å²) in [4.78, 5) is 36.6. The molecular formula is C30H40N6O4S. The van der Waals surface area contributed by atoms with Gasteiger partial charge in [-0.2, -0.15) is 0 Å². The van der Waals surface area contributed by atoms with Crippen molar-refractivity contribution in [3.05, 3.63) is 52.9 Å². The first kappa shape index (κ1) is 29.2. The second-order valence-corrected chi connectivity index (χ2v) is 12.4. The van der Waals surface area contributed by atoms with E-state index in [1.54, 1.807) is 11.3 Å². The van der Waals surface area contributed by atoms with Gasteiger partial charge < -0.3 is 30.1 Å². The lowest BCUT2D eigenvalue weighted by molar-refractivity contribution is -0.141. The van der Waals surface area contributed by atoms with E-state index in [0.717, 1.165) is 41.3 Å². The van der Waals surface area contributed by atoms with Gasteiger partial charge in [-0.15, -0.1) is 11.3 Å². The summed E-state index contributed by atoms with van der Waals surface area (Å²) in [6, 6.07) is 9.14. The monoisotopic (exact) mass is 580 g/mol. The SMILES string of the molecule is Cc1ncsc1-c1ccc(C(C)NC(=O)[C@@H]2C[C@@H](O)CN2C(=O)C(c2cc(N3CCNC[C@H]3C)no2)C(C)C)cc1. The molecule has 0 spiro atoms. The van der Waals surface area contributed by atoms with Crippen molar-refractivity contribution in [1.29, 1.82) is 0 Å². The molecule has 2 unspecified atom stereocenters. The molecule has 220 valence electrons. The van der Waals surface area contributed by atoms with Gasteiger partial charge in [0.2, 0.25) is 11.8 Å². The highest BCUT2D eigenvalue weighted by molar-refractivity contribution is 7.13. The number of thiazole rings is 1. The molecule has 0 saturated carbocycles. The molecule has 1 aromatic carbocycles. The van der Waals surface area contributed by atoms with E-state index in [9.17, 15) is 14.7 Å². The third-order valence-electron chi connectivity index (χ3n) is 8.19. The molecule has 3 aromatic rings. The minimum atomic E-state index is -0.772. The molecule has 4 heterocycles. The molecule has 41 heavy (non-hydrogen) atoms. The van der Waals surface area contributed by atoms with Crippen LogP contribution in [0.4, 0.5) is 5.82 Å². The molecule has 2 aliphatic heterocycles. The Morgan fingerprint density at radius 3 is 2.63 bits per heavy atom. The smallest absolute Gasteiger partial charge is 0.243 e. The number of hydrogen-bond donors (Lipinski definition) is 3. The van der Waals surface area contributed by atoms with E-state index in [2.05, 4.69) is 32.6 Å². The lowest BCUT2D eigenvalue weighted by Crippen LogP contribution is -2.50. The first-order valence-corrected chi connectivity index (χ1v) is 15.2. The fourth-order valence-corrected chi connectivity index (χ4v) is 6.67. The molecule has 10 nitrogen and oxygen atoms in total. The number of likely N-dealkylation sites (tertiary alicyclic amines) is 1. The maximum absolute atomic E-state index is 14.0. The van der Waals surface area contributed by atoms with Crippen LogP contribution in [0.15, 0.2) is 40.4 Å². The van der Waals surface area contributed by atoms with Gasteiger partial charge in [0, 0.05) is 44.7 Å². The van der Waals surface area contributed by atoms with Gasteiger partial charge in [-0.05, 0) is 37.8 Å². The highest BCUT2D eigenvalue weighted by atomic mass is 32.1. The van der Waals surface area contributed by atoms with Crippen molar-refractivity contribution in [2.75, 3.05) is 31.1 Å². The number of aliphatic hydroxyl groups excluding tert-OH is 1. The number of amides is 2. The number of anilines is 1. The van der Waals surface area contributed by atoms with Gasteiger partial charge in [-0.3, -0.25) is 9.59 Å². The molecule has 2 aromatic heterocycles. The van der Waals surface area contributed by atoms with Crippen LogP contribution in [0.2, 0.25) is 0 Å². The molecule has 2 saturated heterocycles. The summed E-state index contributed by atoms with van der Waals surface area (Å²) in [5, 5.41) is 21.3. The Bertz CT molecular complexity index is 1350. The van der Waals surface area contributed by atoms with Crippen molar-refractivity contribution in [2.45, 2.75) is 71.2 Å². The number of piperazine rings is 1. The topological polar surface area (TPSA) is 124 Å². The maximum atomic E-state index is 14.0. The molecule has 5 rings (SSSR count). The summed E-state index contributed by atoms with van der Waals surface area (Å²) in [7, 11) is 0. The highest BCUT2D eigenvalue weighted by Gasteiger charge is 2.43. The molecule has 2 fully saturated rings. The van der Waals surface area contributed by atoms with Gasteiger partial charge in [-0.1, -0.05) is 43.3 Å². The number of aromatic nitrogens is 2. The summed E-state index contributed by atoms with van der Waals surface area (Å²) in [5.41, 5.74) is 4.87. The third-order valence-corrected chi connectivity index (χ3v) is 9.17. The van der Waals surface area contributed by atoms with E-state index >= 15 is 0 Å². The molecule has 3 N–H and O–H groups in total. The van der Waals surface area contributed by atoms with Crippen molar-refractivity contribution in [3.8, 4) is 10.4 Å². The number of carbonyl (C=O) groups excluding carboxylic acids is 2. The second-order valence-electron chi connectivity index (χ2n) is 11.6. The molecule has 0 radical (unpaired) electrons. The summed E-state index contributed by atoms with van der Waals surface area (Å²) in [6.07, 6.45) is -0.578. The van der Waals surface area contributed by atoms with Crippen molar-refractivity contribution in [1.82, 2.24) is 25.7 Å². The van der Waals surface area contributed by atoms with E-state index in [0.29, 0.717) is 11.6 Å². The van der Waals surface area contributed by atoms with E-state index in [-0.39, 0.29) is 42.8 Å². The molecule has 0 bridgehead atoms. The Kier molecular flexibility index (Phi) is 8.77. The predicted molar refractivity (Wildman–Crippen MR) is 159 cm³/mol. The molecule has 11 heteroatoms. The number of benzene rings is 1. The van der Waals surface area contributed by atoms with Crippen LogP contribution >= 0.6 is 11.3 Å². The number of β-amino-alcohol motifs (C(OH)–C–C–N with tert-alkyl or cyclic N) is 1.